The predicted molar refractivity (Wildman–Crippen MR) is 200 cm³/mol. The van der Waals surface area contributed by atoms with Crippen molar-refractivity contribution in [1.82, 2.24) is 0 Å². The van der Waals surface area contributed by atoms with Gasteiger partial charge in [0.15, 0.2) is 0 Å². The predicted octanol–water partition coefficient (Wildman–Crippen LogP) is 7.58. The Hall–Kier alpha value is -5.34. The molecule has 8 aromatic rings. The van der Waals surface area contributed by atoms with Gasteiger partial charge in [-0.3, -0.25) is 0 Å². The third kappa shape index (κ3) is 4.11. The molecule has 0 fully saturated rings. The van der Waals surface area contributed by atoms with Gasteiger partial charge in [-0.05, 0) is 5.56 Å². The Kier molecular flexibility index (Phi) is 6.06. The van der Waals surface area contributed by atoms with Crippen molar-refractivity contribution in [2.24, 2.45) is 0 Å². The summed E-state index contributed by atoms with van der Waals surface area (Å²) in [5, 5.41) is 5.07. The molecular formula is C44H27BOSe. The molecule has 8 aromatic carbocycles. The van der Waals surface area contributed by atoms with Gasteiger partial charge in [0.1, 0.15) is 0 Å². The zero-order chi connectivity index (χ0) is 30.9. The maximum Gasteiger partial charge on any atom is -0.0543 e. The van der Waals surface area contributed by atoms with E-state index in [0.717, 1.165) is 11.5 Å². The fraction of sp³-hybridized carbons (Fsp3) is 0. The Morgan fingerprint density at radius 2 is 1.02 bits per heavy atom. The van der Waals surface area contributed by atoms with Crippen molar-refractivity contribution >= 4 is 68.5 Å². The summed E-state index contributed by atoms with van der Waals surface area (Å²) in [6.45, 7) is 0.163. The van der Waals surface area contributed by atoms with Gasteiger partial charge in [-0.25, -0.2) is 0 Å². The van der Waals surface area contributed by atoms with E-state index < -0.39 is 0 Å². The third-order valence-corrected chi connectivity index (χ3v) is 12.3. The molecule has 1 nitrogen and oxygen atoms in total. The molecule has 0 atom stereocenters. The van der Waals surface area contributed by atoms with Gasteiger partial charge in [0.05, 0.1) is 0 Å². The molecule has 3 heteroatoms. The first-order valence-electron chi connectivity index (χ1n) is 16.1. The Balaban J connectivity index is 1.22. The first-order valence-corrected chi connectivity index (χ1v) is 17.8. The second kappa shape index (κ2) is 10.6. The molecule has 2 heterocycles. The number of ether oxygens (including phenoxy) is 1. The number of benzene rings is 8. The summed E-state index contributed by atoms with van der Waals surface area (Å²) in [6.07, 6.45) is 0. The first kappa shape index (κ1) is 26.8. The van der Waals surface area contributed by atoms with E-state index in [1.807, 2.05) is 0 Å². The molecule has 0 amide bonds. The van der Waals surface area contributed by atoms with Crippen molar-refractivity contribution in [3.63, 3.8) is 0 Å². The summed E-state index contributed by atoms with van der Waals surface area (Å²) in [5.74, 6) is 1.95. The summed E-state index contributed by atoms with van der Waals surface area (Å²) >= 11 is 0.261. The van der Waals surface area contributed by atoms with Crippen LogP contribution in [0.25, 0.3) is 54.9 Å². The van der Waals surface area contributed by atoms with Gasteiger partial charge in [0, 0.05) is 0 Å². The maximum absolute atomic E-state index is 6.63. The van der Waals surface area contributed by atoms with E-state index in [1.165, 1.54) is 80.2 Å². The van der Waals surface area contributed by atoms with E-state index >= 15 is 0 Å². The largest absolute Gasteiger partial charge is 0.0617 e. The number of rotatable bonds is 3. The van der Waals surface area contributed by atoms with Gasteiger partial charge in [0.2, 0.25) is 0 Å². The van der Waals surface area contributed by atoms with Crippen molar-refractivity contribution in [3.05, 3.63) is 164 Å². The number of hydrogen-bond donors (Lipinski definition) is 0. The van der Waals surface area contributed by atoms with Crippen molar-refractivity contribution in [2.45, 2.75) is 0 Å². The van der Waals surface area contributed by atoms with Crippen molar-refractivity contribution in [1.29, 1.82) is 0 Å². The molecule has 0 bridgehead atoms. The SMILES string of the molecule is c1ccc(-c2c3ccccc3c(-c3ccccc3-c3ccc4c(c3)B3c5ccccc5[Se]c5cccc(c53)O4)c3ccccc23)cc1. The zero-order valence-corrected chi connectivity index (χ0v) is 27.2. The monoisotopic (exact) mass is 662 g/mol. The Morgan fingerprint density at radius 3 is 1.79 bits per heavy atom. The fourth-order valence-electron chi connectivity index (χ4n) is 7.84. The molecule has 0 N–H and O–H groups in total. The van der Waals surface area contributed by atoms with Gasteiger partial charge in [-0.15, -0.1) is 0 Å². The quantitative estimate of drug-likeness (QED) is 0.140. The topological polar surface area (TPSA) is 9.23 Å². The van der Waals surface area contributed by atoms with Crippen molar-refractivity contribution in [2.75, 3.05) is 0 Å². The van der Waals surface area contributed by atoms with Crippen molar-refractivity contribution < 1.29 is 4.74 Å². The molecule has 2 aliphatic heterocycles. The molecule has 10 rings (SSSR count). The smallest absolute Gasteiger partial charge is 0.0543 e. The van der Waals surface area contributed by atoms with Gasteiger partial charge in [-0.2, -0.15) is 0 Å². The average Bonchev–Trinajstić information content (AvgIpc) is 3.14. The van der Waals surface area contributed by atoms with Crippen LogP contribution in [0.2, 0.25) is 0 Å². The Morgan fingerprint density at radius 1 is 0.404 bits per heavy atom. The third-order valence-electron chi connectivity index (χ3n) is 9.81. The molecule has 0 unspecified atom stereocenters. The standard InChI is InChI=1S/C44H27BOSe/c1-2-13-28(14-3-1)42-32-17-6-8-19-34(32)43(35-20-9-7-18-33(35)42)31-16-5-4-15-30(31)29-25-26-38-37(27-29)45-36-21-10-11-23-40(36)47-41-24-12-22-39(46-38)44(41)45/h1-27H. The van der Waals surface area contributed by atoms with Crippen LogP contribution < -0.4 is 30.0 Å². The van der Waals surface area contributed by atoms with Crippen LogP contribution in [0, 0.1) is 0 Å². The fourth-order valence-corrected chi connectivity index (χ4v) is 10.3. The van der Waals surface area contributed by atoms with Crippen LogP contribution >= 0.6 is 0 Å². The van der Waals surface area contributed by atoms with E-state index in [-0.39, 0.29) is 21.7 Å². The van der Waals surface area contributed by atoms with Crippen LogP contribution in [-0.4, -0.2) is 21.7 Å². The van der Waals surface area contributed by atoms with Crippen LogP contribution in [0.4, 0.5) is 0 Å². The second-order valence-corrected chi connectivity index (χ2v) is 14.6. The minimum atomic E-state index is 0.163. The molecular weight excluding hydrogens is 634 g/mol. The van der Waals surface area contributed by atoms with Gasteiger partial charge in [0.25, 0.3) is 0 Å². The minimum absolute atomic E-state index is 0.163. The normalized spacial score (nSPS) is 12.7. The van der Waals surface area contributed by atoms with E-state index in [1.54, 1.807) is 0 Å². The molecule has 0 spiro atoms. The van der Waals surface area contributed by atoms with Crippen LogP contribution in [0.1, 0.15) is 0 Å². The molecule has 2 aliphatic rings. The molecule has 0 aliphatic carbocycles. The van der Waals surface area contributed by atoms with Crippen LogP contribution in [0.3, 0.4) is 0 Å². The molecule has 0 radical (unpaired) electrons. The van der Waals surface area contributed by atoms with E-state index in [0.29, 0.717) is 0 Å². The molecule has 218 valence electrons. The van der Waals surface area contributed by atoms with Gasteiger partial charge >= 0.3 is 234 Å². The summed E-state index contributed by atoms with van der Waals surface area (Å²) < 4.78 is 9.51. The van der Waals surface area contributed by atoms with E-state index in [9.17, 15) is 0 Å². The maximum atomic E-state index is 6.63. The molecule has 47 heavy (non-hydrogen) atoms. The summed E-state index contributed by atoms with van der Waals surface area (Å²) in [6, 6.07) is 60.0. The Labute approximate surface area is 280 Å². The van der Waals surface area contributed by atoms with E-state index in [4.69, 9.17) is 4.74 Å². The average molecular weight is 661 g/mol. The van der Waals surface area contributed by atoms with Gasteiger partial charge in [-0.1, -0.05) is 42.5 Å². The zero-order valence-electron chi connectivity index (χ0n) is 25.5. The van der Waals surface area contributed by atoms with Crippen molar-refractivity contribution in [3.8, 4) is 44.9 Å². The number of fused-ring (bicyclic) bond motifs is 6. The molecule has 0 aromatic heterocycles. The number of hydrogen-bond acceptors (Lipinski definition) is 1. The summed E-state index contributed by atoms with van der Waals surface area (Å²) in [5.41, 5.74) is 11.5. The van der Waals surface area contributed by atoms with Crippen LogP contribution in [0.5, 0.6) is 11.5 Å². The molecule has 0 saturated carbocycles. The van der Waals surface area contributed by atoms with Crippen LogP contribution in [-0.2, 0) is 0 Å². The van der Waals surface area contributed by atoms with Gasteiger partial charge < -0.3 is 0 Å². The van der Waals surface area contributed by atoms with E-state index in [2.05, 4.69) is 164 Å². The molecule has 0 saturated heterocycles. The first-order chi connectivity index (χ1) is 23.3. The second-order valence-electron chi connectivity index (χ2n) is 12.3. The minimum Gasteiger partial charge on any atom is -0.0617 e. The summed E-state index contributed by atoms with van der Waals surface area (Å²) in [7, 11) is 0. The van der Waals surface area contributed by atoms with Crippen LogP contribution in [0.15, 0.2) is 164 Å². The Bertz CT molecular complexity index is 2470. The summed E-state index contributed by atoms with van der Waals surface area (Å²) in [4.78, 5) is 0.